The van der Waals surface area contributed by atoms with Crippen molar-refractivity contribution in [3.05, 3.63) is 29.3 Å². The van der Waals surface area contributed by atoms with E-state index < -0.39 is 5.91 Å². The van der Waals surface area contributed by atoms with Crippen molar-refractivity contribution in [2.75, 3.05) is 26.2 Å². The lowest BCUT2D eigenvalue weighted by molar-refractivity contribution is 0.0706. The smallest absolute Gasteiger partial charge is 0.320 e. The third-order valence-electron chi connectivity index (χ3n) is 4.06. The number of nitrogens with one attached hydrogen (secondary N) is 1. The number of urea groups is 1. The van der Waals surface area contributed by atoms with E-state index in [1.54, 1.807) is 28.6 Å². The topological polar surface area (TPSA) is 82.1 Å². The Labute approximate surface area is 128 Å². The number of benzene rings is 1. The fraction of sp³-hybridized carbons (Fsp3) is 0.467. The minimum absolute atomic E-state index is 0.0473. The van der Waals surface area contributed by atoms with Crippen molar-refractivity contribution in [2.24, 2.45) is 0 Å². The first-order chi connectivity index (χ1) is 10.7. The lowest BCUT2D eigenvalue weighted by Crippen LogP contribution is -2.42. The van der Waals surface area contributed by atoms with Crippen LogP contribution in [0.25, 0.3) is 0 Å². The Bertz CT molecular complexity index is 584. The minimum atomic E-state index is -0.583. The minimum Gasteiger partial charge on any atom is -0.491 e. The standard InChI is InChI=1S/C15H19N3O4/c19-14(16-21)11-3-4-12-10-18(7-8-22-13(12)9-11)15(20)17-5-1-2-6-17/h3-4,9,21H,1-2,5-8,10H2,(H,16,19). The average molecular weight is 305 g/mol. The van der Waals surface area contributed by atoms with Gasteiger partial charge in [-0.1, -0.05) is 6.07 Å². The van der Waals surface area contributed by atoms with Crippen molar-refractivity contribution in [2.45, 2.75) is 19.4 Å². The average Bonchev–Trinajstić information content (AvgIpc) is 2.99. The fourth-order valence-corrected chi connectivity index (χ4v) is 2.85. The molecular weight excluding hydrogens is 286 g/mol. The number of likely N-dealkylation sites (tertiary alicyclic amines) is 1. The summed E-state index contributed by atoms with van der Waals surface area (Å²) in [6, 6.07) is 5.00. The number of hydrogen-bond acceptors (Lipinski definition) is 4. The molecule has 22 heavy (non-hydrogen) atoms. The summed E-state index contributed by atoms with van der Waals surface area (Å²) in [6.45, 7) is 3.01. The van der Waals surface area contributed by atoms with Gasteiger partial charge in [-0.3, -0.25) is 10.0 Å². The first kappa shape index (κ1) is 14.6. The van der Waals surface area contributed by atoms with Crippen molar-refractivity contribution in [3.8, 4) is 5.75 Å². The highest BCUT2D eigenvalue weighted by Crippen LogP contribution is 2.25. The van der Waals surface area contributed by atoms with Gasteiger partial charge in [-0.2, -0.15) is 0 Å². The number of nitrogens with zero attached hydrogens (tertiary/aromatic N) is 2. The second-order valence-corrected chi connectivity index (χ2v) is 5.51. The van der Waals surface area contributed by atoms with E-state index in [-0.39, 0.29) is 6.03 Å². The number of hydrogen-bond donors (Lipinski definition) is 2. The molecule has 0 atom stereocenters. The number of hydroxylamine groups is 1. The first-order valence-corrected chi connectivity index (χ1v) is 7.43. The molecule has 0 aliphatic carbocycles. The van der Waals surface area contributed by atoms with Crippen LogP contribution in [-0.2, 0) is 6.54 Å². The second-order valence-electron chi connectivity index (χ2n) is 5.51. The molecular formula is C15H19N3O4. The molecule has 2 aliphatic heterocycles. The summed E-state index contributed by atoms with van der Waals surface area (Å²) in [5.41, 5.74) is 2.78. The van der Waals surface area contributed by atoms with E-state index in [4.69, 9.17) is 9.94 Å². The molecule has 2 N–H and O–H groups in total. The van der Waals surface area contributed by atoms with Crippen LogP contribution in [0.1, 0.15) is 28.8 Å². The van der Waals surface area contributed by atoms with E-state index in [0.717, 1.165) is 31.5 Å². The maximum atomic E-state index is 12.5. The number of amides is 3. The Balaban J connectivity index is 1.78. The van der Waals surface area contributed by atoms with Crippen LogP contribution in [0.5, 0.6) is 5.75 Å². The number of carbonyl (C=O) groups excluding carboxylic acids is 2. The molecule has 1 saturated heterocycles. The molecule has 7 heteroatoms. The van der Waals surface area contributed by atoms with E-state index in [0.29, 0.717) is 31.0 Å². The zero-order chi connectivity index (χ0) is 15.5. The van der Waals surface area contributed by atoms with Crippen LogP contribution in [-0.4, -0.2) is 53.2 Å². The van der Waals surface area contributed by atoms with Crippen LogP contribution < -0.4 is 10.2 Å². The quantitative estimate of drug-likeness (QED) is 0.603. The molecule has 2 aliphatic rings. The molecule has 0 spiro atoms. The van der Waals surface area contributed by atoms with Gasteiger partial charge < -0.3 is 14.5 Å². The molecule has 0 saturated carbocycles. The van der Waals surface area contributed by atoms with Gasteiger partial charge in [0.2, 0.25) is 0 Å². The van der Waals surface area contributed by atoms with Gasteiger partial charge >= 0.3 is 6.03 Å². The lowest BCUT2D eigenvalue weighted by atomic mass is 10.1. The van der Waals surface area contributed by atoms with E-state index in [1.165, 1.54) is 0 Å². The molecule has 118 valence electrons. The summed E-state index contributed by atoms with van der Waals surface area (Å²) in [6.07, 6.45) is 2.12. The number of rotatable bonds is 1. The van der Waals surface area contributed by atoms with E-state index in [2.05, 4.69) is 0 Å². The number of fused-ring (bicyclic) bond motifs is 1. The molecule has 3 rings (SSSR count). The largest absolute Gasteiger partial charge is 0.491 e. The van der Waals surface area contributed by atoms with E-state index in [1.807, 2.05) is 4.90 Å². The Kier molecular flexibility index (Phi) is 4.15. The third kappa shape index (κ3) is 2.85. The fourth-order valence-electron chi connectivity index (χ4n) is 2.85. The molecule has 2 heterocycles. The predicted octanol–water partition coefficient (Wildman–Crippen LogP) is 1.22. The first-order valence-electron chi connectivity index (χ1n) is 7.43. The van der Waals surface area contributed by atoms with Gasteiger partial charge in [-0.15, -0.1) is 0 Å². The van der Waals surface area contributed by atoms with Crippen LogP contribution in [0, 0.1) is 0 Å². The third-order valence-corrected chi connectivity index (χ3v) is 4.06. The molecule has 3 amide bonds. The summed E-state index contributed by atoms with van der Waals surface area (Å²) < 4.78 is 5.65. The highest BCUT2D eigenvalue weighted by molar-refractivity contribution is 5.93. The van der Waals surface area contributed by atoms with Crippen molar-refractivity contribution >= 4 is 11.9 Å². The molecule has 1 aromatic carbocycles. The maximum Gasteiger partial charge on any atom is 0.320 e. The Morgan fingerprint density at radius 2 is 1.91 bits per heavy atom. The molecule has 0 bridgehead atoms. The van der Waals surface area contributed by atoms with Crippen LogP contribution >= 0.6 is 0 Å². The second kappa shape index (κ2) is 6.23. The predicted molar refractivity (Wildman–Crippen MR) is 77.8 cm³/mol. The monoisotopic (exact) mass is 305 g/mol. The Hall–Kier alpha value is -2.28. The van der Waals surface area contributed by atoms with E-state index in [9.17, 15) is 9.59 Å². The van der Waals surface area contributed by atoms with Crippen LogP contribution in [0.2, 0.25) is 0 Å². The highest BCUT2D eigenvalue weighted by atomic mass is 16.5. The van der Waals surface area contributed by atoms with Crippen LogP contribution in [0.15, 0.2) is 18.2 Å². The summed E-state index contributed by atoms with van der Waals surface area (Å²) in [5, 5.41) is 8.69. The van der Waals surface area contributed by atoms with Gasteiger partial charge in [0.25, 0.3) is 5.91 Å². The van der Waals surface area contributed by atoms with Crippen molar-refractivity contribution in [1.29, 1.82) is 0 Å². The Morgan fingerprint density at radius 3 is 2.64 bits per heavy atom. The highest BCUT2D eigenvalue weighted by Gasteiger charge is 2.26. The SMILES string of the molecule is O=C(NO)c1ccc2c(c1)OCCN(C(=O)N1CCCC1)C2. The van der Waals surface area contributed by atoms with Crippen LogP contribution in [0.3, 0.4) is 0 Å². The van der Waals surface area contributed by atoms with E-state index >= 15 is 0 Å². The van der Waals surface area contributed by atoms with Gasteiger partial charge in [0.05, 0.1) is 13.1 Å². The number of carbonyl (C=O) groups is 2. The summed E-state index contributed by atoms with van der Waals surface area (Å²) in [7, 11) is 0. The molecule has 0 radical (unpaired) electrons. The van der Waals surface area contributed by atoms with Crippen LogP contribution in [0.4, 0.5) is 4.79 Å². The molecule has 0 aromatic heterocycles. The summed E-state index contributed by atoms with van der Waals surface area (Å²) in [4.78, 5) is 27.6. The van der Waals surface area contributed by atoms with Crippen molar-refractivity contribution in [1.82, 2.24) is 15.3 Å². The molecule has 1 aromatic rings. The lowest BCUT2D eigenvalue weighted by Gasteiger charge is -2.26. The summed E-state index contributed by atoms with van der Waals surface area (Å²) >= 11 is 0. The normalized spacial score (nSPS) is 17.5. The zero-order valence-electron chi connectivity index (χ0n) is 12.2. The van der Waals surface area contributed by atoms with Gasteiger partial charge in [0, 0.05) is 24.2 Å². The molecule has 0 unspecified atom stereocenters. The maximum absolute atomic E-state index is 12.5. The van der Waals surface area contributed by atoms with Gasteiger partial charge in [-0.05, 0) is 25.0 Å². The zero-order valence-corrected chi connectivity index (χ0v) is 12.2. The van der Waals surface area contributed by atoms with Gasteiger partial charge in [0.15, 0.2) is 0 Å². The van der Waals surface area contributed by atoms with Gasteiger partial charge in [-0.25, -0.2) is 10.3 Å². The molecule has 1 fully saturated rings. The Morgan fingerprint density at radius 1 is 1.14 bits per heavy atom. The van der Waals surface area contributed by atoms with Gasteiger partial charge in [0.1, 0.15) is 12.4 Å². The number of ether oxygens (including phenoxy) is 1. The summed E-state index contributed by atoms with van der Waals surface area (Å²) in [5.74, 6) is -0.00142. The van der Waals surface area contributed by atoms with Crippen molar-refractivity contribution in [3.63, 3.8) is 0 Å². The van der Waals surface area contributed by atoms with Crippen molar-refractivity contribution < 1.29 is 19.5 Å². The molecule has 7 nitrogen and oxygen atoms in total.